The third kappa shape index (κ3) is 4.75. The Morgan fingerprint density at radius 1 is 0.897 bits per heavy atom. The highest BCUT2D eigenvalue weighted by molar-refractivity contribution is 6.24. The van der Waals surface area contributed by atoms with Crippen LogP contribution in [0.15, 0.2) is 78.9 Å². The Morgan fingerprint density at radius 2 is 1.62 bits per heavy atom. The molecule has 2 atom stereocenters. The van der Waals surface area contributed by atoms with Crippen molar-refractivity contribution in [2.75, 3.05) is 13.2 Å². The van der Waals surface area contributed by atoms with E-state index in [4.69, 9.17) is 25.8 Å². The number of halogens is 1. The zero-order valence-corrected chi connectivity index (χ0v) is 17.3. The van der Waals surface area contributed by atoms with Gasteiger partial charge in [-0.15, -0.1) is 11.6 Å². The van der Waals surface area contributed by atoms with E-state index in [0.717, 1.165) is 29.2 Å². The van der Waals surface area contributed by atoms with Crippen molar-refractivity contribution in [3.63, 3.8) is 0 Å². The minimum absolute atomic E-state index is 0.105. The Labute approximate surface area is 177 Å². The molecule has 1 saturated carbocycles. The predicted octanol–water partition coefficient (Wildman–Crippen LogP) is 6.34. The number of hydrogen-bond acceptors (Lipinski definition) is 3. The van der Waals surface area contributed by atoms with Crippen LogP contribution >= 0.6 is 11.6 Å². The first-order valence-corrected chi connectivity index (χ1v) is 10.4. The molecule has 3 nitrogen and oxygen atoms in total. The maximum atomic E-state index is 6.51. The van der Waals surface area contributed by atoms with Crippen LogP contribution in [0.5, 0.6) is 17.2 Å². The quantitative estimate of drug-likeness (QED) is 0.386. The minimum Gasteiger partial charge on any atom is -0.494 e. The first-order chi connectivity index (χ1) is 14.2. The molecule has 1 aliphatic rings. The van der Waals surface area contributed by atoms with Crippen molar-refractivity contribution in [2.24, 2.45) is 0 Å². The van der Waals surface area contributed by atoms with Gasteiger partial charge in [-0.2, -0.15) is 0 Å². The fraction of sp³-hybridized carbons (Fsp3) is 0.280. The van der Waals surface area contributed by atoms with E-state index in [1.165, 1.54) is 5.56 Å². The van der Waals surface area contributed by atoms with Gasteiger partial charge in [0.25, 0.3) is 0 Å². The van der Waals surface area contributed by atoms with Crippen LogP contribution in [-0.2, 0) is 16.8 Å². The second-order valence-corrected chi connectivity index (χ2v) is 7.87. The van der Waals surface area contributed by atoms with Gasteiger partial charge >= 0.3 is 0 Å². The van der Waals surface area contributed by atoms with Crippen molar-refractivity contribution in [3.05, 3.63) is 90.0 Å². The molecule has 1 fully saturated rings. The van der Waals surface area contributed by atoms with Gasteiger partial charge in [0.15, 0.2) is 0 Å². The lowest BCUT2D eigenvalue weighted by atomic mass is 9.97. The molecule has 3 aromatic carbocycles. The van der Waals surface area contributed by atoms with E-state index in [-0.39, 0.29) is 10.8 Å². The number of alkyl halides is 1. The summed E-state index contributed by atoms with van der Waals surface area (Å²) in [5.41, 5.74) is 2.18. The maximum absolute atomic E-state index is 6.51. The van der Waals surface area contributed by atoms with Crippen LogP contribution in [0.2, 0.25) is 0 Å². The molecule has 4 rings (SSSR count). The number of ether oxygens (including phenoxy) is 3. The van der Waals surface area contributed by atoms with Gasteiger partial charge in [0.05, 0.1) is 19.8 Å². The van der Waals surface area contributed by atoms with E-state index in [9.17, 15) is 0 Å². The van der Waals surface area contributed by atoms with Crippen molar-refractivity contribution in [1.29, 1.82) is 0 Å². The molecule has 2 unspecified atom stereocenters. The van der Waals surface area contributed by atoms with Gasteiger partial charge in [0.2, 0.25) is 0 Å². The Balaban J connectivity index is 1.36. The summed E-state index contributed by atoms with van der Waals surface area (Å²) in [5, 5.41) is 0.105. The predicted molar refractivity (Wildman–Crippen MR) is 116 cm³/mol. The van der Waals surface area contributed by atoms with Gasteiger partial charge in [-0.1, -0.05) is 42.5 Å². The molecule has 0 spiro atoms. The van der Waals surface area contributed by atoms with Crippen molar-refractivity contribution in [1.82, 2.24) is 0 Å². The molecule has 0 aromatic heterocycles. The number of hydrogen-bond donors (Lipinski definition) is 0. The molecule has 0 saturated heterocycles. The van der Waals surface area contributed by atoms with E-state index in [1.807, 2.05) is 73.7 Å². The molecule has 4 heteroatoms. The summed E-state index contributed by atoms with van der Waals surface area (Å²) in [7, 11) is 0. The molecule has 0 heterocycles. The highest BCUT2D eigenvalue weighted by Gasteiger charge is 2.54. The SMILES string of the molecule is CCOc1ccc(C2(COCc3cccc(Oc4ccccc4)c3)CC2Cl)cc1. The van der Waals surface area contributed by atoms with E-state index in [2.05, 4.69) is 12.1 Å². The number of para-hydroxylation sites is 1. The first kappa shape index (κ1) is 19.8. The summed E-state index contributed by atoms with van der Waals surface area (Å²) in [5.74, 6) is 2.51. The lowest BCUT2D eigenvalue weighted by Crippen LogP contribution is -2.18. The van der Waals surface area contributed by atoms with Crippen LogP contribution in [-0.4, -0.2) is 18.6 Å². The monoisotopic (exact) mass is 408 g/mol. The fourth-order valence-corrected chi connectivity index (χ4v) is 3.98. The van der Waals surface area contributed by atoms with Gasteiger partial charge in [0.1, 0.15) is 17.2 Å². The average molecular weight is 409 g/mol. The molecule has 0 N–H and O–H groups in total. The summed E-state index contributed by atoms with van der Waals surface area (Å²) in [6, 6.07) is 26.0. The zero-order valence-electron chi connectivity index (χ0n) is 16.5. The maximum Gasteiger partial charge on any atom is 0.127 e. The Bertz CT molecular complexity index is 926. The molecule has 0 aliphatic heterocycles. The van der Waals surface area contributed by atoms with E-state index in [0.29, 0.717) is 19.8 Å². The largest absolute Gasteiger partial charge is 0.494 e. The van der Waals surface area contributed by atoms with Crippen LogP contribution in [0.3, 0.4) is 0 Å². The van der Waals surface area contributed by atoms with E-state index in [1.54, 1.807) is 0 Å². The van der Waals surface area contributed by atoms with Crippen LogP contribution < -0.4 is 9.47 Å². The molecular formula is C25H25ClO3. The normalized spacial score (nSPS) is 20.3. The van der Waals surface area contributed by atoms with Gasteiger partial charge in [0, 0.05) is 10.8 Å². The molecule has 0 radical (unpaired) electrons. The van der Waals surface area contributed by atoms with Gasteiger partial charge in [-0.05, 0) is 60.9 Å². The molecule has 3 aromatic rings. The summed E-state index contributed by atoms with van der Waals surface area (Å²) < 4.78 is 17.5. The van der Waals surface area contributed by atoms with Gasteiger partial charge in [-0.25, -0.2) is 0 Å². The molecule has 150 valence electrons. The lowest BCUT2D eigenvalue weighted by molar-refractivity contribution is 0.100. The smallest absolute Gasteiger partial charge is 0.127 e. The van der Waals surface area contributed by atoms with Crippen molar-refractivity contribution in [2.45, 2.75) is 30.7 Å². The van der Waals surface area contributed by atoms with Gasteiger partial charge in [-0.3, -0.25) is 0 Å². The lowest BCUT2D eigenvalue weighted by Gasteiger charge is -2.18. The number of rotatable bonds is 9. The highest BCUT2D eigenvalue weighted by atomic mass is 35.5. The number of benzene rings is 3. The Kier molecular flexibility index (Phi) is 6.08. The molecule has 0 bridgehead atoms. The van der Waals surface area contributed by atoms with Gasteiger partial charge < -0.3 is 14.2 Å². The van der Waals surface area contributed by atoms with Crippen molar-refractivity contribution >= 4 is 11.6 Å². The zero-order chi connectivity index (χ0) is 20.1. The van der Waals surface area contributed by atoms with Crippen molar-refractivity contribution in [3.8, 4) is 17.2 Å². The topological polar surface area (TPSA) is 27.7 Å². The molecular weight excluding hydrogens is 384 g/mol. The second kappa shape index (κ2) is 8.89. The third-order valence-electron chi connectivity index (χ3n) is 5.23. The summed E-state index contributed by atoms with van der Waals surface area (Å²) in [6.07, 6.45) is 0.930. The average Bonchev–Trinajstić information content (AvgIpc) is 3.40. The first-order valence-electron chi connectivity index (χ1n) is 9.96. The standard InChI is InChI=1S/C25H25ClO3/c1-2-28-21-13-11-20(12-14-21)25(16-24(25)26)18-27-17-19-7-6-10-23(15-19)29-22-8-4-3-5-9-22/h3-15,24H,2,16-18H2,1H3. The van der Waals surface area contributed by atoms with Crippen LogP contribution in [0.25, 0.3) is 0 Å². The second-order valence-electron chi connectivity index (χ2n) is 7.34. The van der Waals surface area contributed by atoms with Crippen molar-refractivity contribution < 1.29 is 14.2 Å². The Hall–Kier alpha value is -2.49. The van der Waals surface area contributed by atoms with Crippen LogP contribution in [0.1, 0.15) is 24.5 Å². The van der Waals surface area contributed by atoms with Crippen LogP contribution in [0, 0.1) is 0 Å². The Morgan fingerprint density at radius 3 is 2.31 bits per heavy atom. The summed E-state index contributed by atoms with van der Waals surface area (Å²) >= 11 is 6.51. The minimum atomic E-state index is -0.107. The molecule has 29 heavy (non-hydrogen) atoms. The summed E-state index contributed by atoms with van der Waals surface area (Å²) in [6.45, 7) is 3.77. The molecule has 0 amide bonds. The fourth-order valence-electron chi connectivity index (χ4n) is 3.52. The molecule has 1 aliphatic carbocycles. The van der Waals surface area contributed by atoms with Crippen LogP contribution in [0.4, 0.5) is 0 Å². The van der Waals surface area contributed by atoms with E-state index < -0.39 is 0 Å². The van der Waals surface area contributed by atoms with E-state index >= 15 is 0 Å². The summed E-state index contributed by atoms with van der Waals surface area (Å²) in [4.78, 5) is 0. The third-order valence-corrected chi connectivity index (χ3v) is 5.80. The highest BCUT2D eigenvalue weighted by Crippen LogP contribution is 2.52.